The van der Waals surface area contributed by atoms with E-state index in [0.717, 1.165) is 17.0 Å². The fourth-order valence-corrected chi connectivity index (χ4v) is 2.47. The minimum atomic E-state index is -0.133. The molecule has 1 aromatic heterocycles. The molecule has 2 N–H and O–H groups in total. The first-order valence-electron chi connectivity index (χ1n) is 8.52. The van der Waals surface area contributed by atoms with Gasteiger partial charge in [0, 0.05) is 24.0 Å². The molecular formula is C21H21N3O2. The zero-order valence-electron chi connectivity index (χ0n) is 14.6. The van der Waals surface area contributed by atoms with Gasteiger partial charge in [0.25, 0.3) is 5.91 Å². The summed E-state index contributed by atoms with van der Waals surface area (Å²) >= 11 is 0. The Morgan fingerprint density at radius 1 is 1.04 bits per heavy atom. The van der Waals surface area contributed by atoms with Crippen molar-refractivity contribution < 1.29 is 9.53 Å². The number of aromatic nitrogens is 1. The van der Waals surface area contributed by atoms with Gasteiger partial charge >= 0.3 is 0 Å². The minimum Gasteiger partial charge on any atom is -0.494 e. The summed E-state index contributed by atoms with van der Waals surface area (Å²) in [6, 6.07) is 20.8. The van der Waals surface area contributed by atoms with E-state index >= 15 is 0 Å². The second-order valence-electron chi connectivity index (χ2n) is 5.68. The van der Waals surface area contributed by atoms with Crippen LogP contribution in [0.15, 0.2) is 72.9 Å². The molecule has 3 aromatic rings. The third-order valence-corrected chi connectivity index (χ3v) is 3.76. The lowest BCUT2D eigenvalue weighted by Gasteiger charge is -2.09. The predicted molar refractivity (Wildman–Crippen MR) is 103 cm³/mol. The molecule has 0 bridgehead atoms. The lowest BCUT2D eigenvalue weighted by molar-refractivity contribution is 0.0951. The highest BCUT2D eigenvalue weighted by Gasteiger charge is 2.07. The number of amides is 1. The molecule has 0 aliphatic heterocycles. The Balaban J connectivity index is 1.62. The molecule has 5 nitrogen and oxygen atoms in total. The van der Waals surface area contributed by atoms with Crippen LogP contribution in [0.4, 0.5) is 11.5 Å². The molecule has 2 aromatic carbocycles. The monoisotopic (exact) mass is 347 g/mol. The number of benzene rings is 2. The molecule has 0 saturated heterocycles. The summed E-state index contributed by atoms with van der Waals surface area (Å²) in [5.41, 5.74) is 2.50. The summed E-state index contributed by atoms with van der Waals surface area (Å²) in [5, 5.41) is 6.11. The summed E-state index contributed by atoms with van der Waals surface area (Å²) in [5.74, 6) is 1.30. The zero-order valence-corrected chi connectivity index (χ0v) is 14.6. The highest BCUT2D eigenvalue weighted by atomic mass is 16.5. The fourth-order valence-electron chi connectivity index (χ4n) is 2.47. The molecule has 1 amide bonds. The highest BCUT2D eigenvalue weighted by Crippen LogP contribution is 2.19. The molecule has 5 heteroatoms. The van der Waals surface area contributed by atoms with Crippen molar-refractivity contribution in [1.29, 1.82) is 0 Å². The predicted octanol–water partition coefficient (Wildman–Crippen LogP) is 4.15. The Morgan fingerprint density at radius 2 is 1.81 bits per heavy atom. The first-order valence-corrected chi connectivity index (χ1v) is 8.52. The molecule has 26 heavy (non-hydrogen) atoms. The lowest BCUT2D eigenvalue weighted by Crippen LogP contribution is -2.22. The van der Waals surface area contributed by atoms with Crippen molar-refractivity contribution in [3.63, 3.8) is 0 Å². The molecule has 0 fully saturated rings. The van der Waals surface area contributed by atoms with Gasteiger partial charge < -0.3 is 15.4 Å². The van der Waals surface area contributed by atoms with E-state index in [2.05, 4.69) is 15.6 Å². The second kappa shape index (κ2) is 8.67. The standard InChI is InChI=1S/C21H21N3O2/c1-2-26-19-10-8-18(9-11-19)24-20-14-17(12-13-22-20)21(25)23-15-16-6-4-3-5-7-16/h3-14H,2,15H2,1H3,(H,22,24)(H,23,25). The topological polar surface area (TPSA) is 63.2 Å². The van der Waals surface area contributed by atoms with Gasteiger partial charge in [-0.05, 0) is 48.9 Å². The average molecular weight is 347 g/mol. The molecule has 0 atom stereocenters. The molecule has 0 spiro atoms. The molecule has 132 valence electrons. The lowest BCUT2D eigenvalue weighted by atomic mass is 10.2. The number of carbonyl (C=O) groups excluding carboxylic acids is 1. The van der Waals surface area contributed by atoms with E-state index in [1.165, 1.54) is 0 Å². The van der Waals surface area contributed by atoms with Crippen LogP contribution in [-0.4, -0.2) is 17.5 Å². The van der Waals surface area contributed by atoms with E-state index in [1.54, 1.807) is 18.3 Å². The van der Waals surface area contributed by atoms with Crippen LogP contribution in [0.3, 0.4) is 0 Å². The molecule has 0 radical (unpaired) electrons. The van der Waals surface area contributed by atoms with Crippen molar-refractivity contribution in [3.8, 4) is 5.75 Å². The van der Waals surface area contributed by atoms with Gasteiger partial charge in [-0.3, -0.25) is 4.79 Å². The molecule has 0 aliphatic rings. The van der Waals surface area contributed by atoms with Gasteiger partial charge in [0.1, 0.15) is 11.6 Å². The van der Waals surface area contributed by atoms with Crippen LogP contribution in [0, 0.1) is 0 Å². The van der Waals surface area contributed by atoms with Gasteiger partial charge in [-0.15, -0.1) is 0 Å². The molecule has 0 unspecified atom stereocenters. The maximum Gasteiger partial charge on any atom is 0.251 e. The molecule has 1 heterocycles. The van der Waals surface area contributed by atoms with Crippen LogP contribution in [0.1, 0.15) is 22.8 Å². The minimum absolute atomic E-state index is 0.133. The van der Waals surface area contributed by atoms with Crippen molar-refractivity contribution in [3.05, 3.63) is 84.1 Å². The van der Waals surface area contributed by atoms with Gasteiger partial charge in [-0.1, -0.05) is 30.3 Å². The number of pyridine rings is 1. The number of nitrogens with zero attached hydrogens (tertiary/aromatic N) is 1. The summed E-state index contributed by atoms with van der Waals surface area (Å²) in [6.45, 7) is 3.07. The van der Waals surface area contributed by atoms with E-state index in [1.807, 2.05) is 61.5 Å². The summed E-state index contributed by atoms with van der Waals surface area (Å²) in [6.07, 6.45) is 1.62. The van der Waals surface area contributed by atoms with Crippen LogP contribution in [0.25, 0.3) is 0 Å². The number of hydrogen-bond acceptors (Lipinski definition) is 4. The van der Waals surface area contributed by atoms with E-state index in [-0.39, 0.29) is 5.91 Å². The smallest absolute Gasteiger partial charge is 0.251 e. The second-order valence-corrected chi connectivity index (χ2v) is 5.68. The maximum atomic E-state index is 12.4. The van der Waals surface area contributed by atoms with E-state index in [9.17, 15) is 4.79 Å². The van der Waals surface area contributed by atoms with Gasteiger partial charge in [-0.25, -0.2) is 4.98 Å². The van der Waals surface area contributed by atoms with Crippen LogP contribution in [0.2, 0.25) is 0 Å². The quantitative estimate of drug-likeness (QED) is 0.674. The van der Waals surface area contributed by atoms with E-state index < -0.39 is 0 Å². The first kappa shape index (κ1) is 17.5. The third kappa shape index (κ3) is 4.83. The number of rotatable bonds is 7. The third-order valence-electron chi connectivity index (χ3n) is 3.76. The van der Waals surface area contributed by atoms with Crippen LogP contribution >= 0.6 is 0 Å². The first-order chi connectivity index (χ1) is 12.7. The van der Waals surface area contributed by atoms with Crippen molar-refractivity contribution in [1.82, 2.24) is 10.3 Å². The molecule has 0 aliphatic carbocycles. The fraction of sp³-hybridized carbons (Fsp3) is 0.143. The average Bonchev–Trinajstić information content (AvgIpc) is 2.69. The Bertz CT molecular complexity index is 849. The summed E-state index contributed by atoms with van der Waals surface area (Å²) in [4.78, 5) is 16.6. The Kier molecular flexibility index (Phi) is 5.83. The Labute approximate surface area is 153 Å². The number of hydrogen-bond donors (Lipinski definition) is 2. The highest BCUT2D eigenvalue weighted by molar-refractivity contribution is 5.94. The van der Waals surface area contributed by atoms with Crippen LogP contribution < -0.4 is 15.4 Å². The summed E-state index contributed by atoms with van der Waals surface area (Å²) in [7, 11) is 0. The van der Waals surface area contributed by atoms with Crippen molar-refractivity contribution >= 4 is 17.4 Å². The van der Waals surface area contributed by atoms with Gasteiger partial charge in [0.05, 0.1) is 6.61 Å². The zero-order chi connectivity index (χ0) is 18.2. The Hall–Kier alpha value is -3.34. The van der Waals surface area contributed by atoms with Crippen LogP contribution in [-0.2, 0) is 6.54 Å². The Morgan fingerprint density at radius 3 is 2.54 bits per heavy atom. The van der Waals surface area contributed by atoms with E-state index in [4.69, 9.17) is 4.74 Å². The van der Waals surface area contributed by atoms with Gasteiger partial charge in [-0.2, -0.15) is 0 Å². The van der Waals surface area contributed by atoms with Crippen molar-refractivity contribution in [2.45, 2.75) is 13.5 Å². The number of anilines is 2. The normalized spacial score (nSPS) is 10.2. The van der Waals surface area contributed by atoms with Gasteiger partial charge in [0.15, 0.2) is 0 Å². The van der Waals surface area contributed by atoms with Crippen molar-refractivity contribution in [2.24, 2.45) is 0 Å². The van der Waals surface area contributed by atoms with Crippen LogP contribution in [0.5, 0.6) is 5.75 Å². The van der Waals surface area contributed by atoms with Crippen molar-refractivity contribution in [2.75, 3.05) is 11.9 Å². The summed E-state index contributed by atoms with van der Waals surface area (Å²) < 4.78 is 5.43. The molecule has 0 saturated carbocycles. The molecule has 3 rings (SSSR count). The number of ether oxygens (including phenoxy) is 1. The number of carbonyl (C=O) groups is 1. The largest absolute Gasteiger partial charge is 0.494 e. The van der Waals surface area contributed by atoms with Gasteiger partial charge in [0.2, 0.25) is 0 Å². The van der Waals surface area contributed by atoms with E-state index in [0.29, 0.717) is 24.5 Å². The number of nitrogens with one attached hydrogen (secondary N) is 2. The molecular weight excluding hydrogens is 326 g/mol. The maximum absolute atomic E-state index is 12.4. The SMILES string of the molecule is CCOc1ccc(Nc2cc(C(=O)NCc3ccccc3)ccn2)cc1.